The number of pyridine rings is 1. The van der Waals surface area contributed by atoms with E-state index in [1.807, 2.05) is 74.5 Å². The number of carboxylic acid groups (broad SMARTS) is 1. The molecule has 12 heteroatoms. The van der Waals surface area contributed by atoms with Gasteiger partial charge in [0.15, 0.2) is 0 Å². The van der Waals surface area contributed by atoms with Crippen molar-refractivity contribution in [1.82, 2.24) is 20.5 Å². The van der Waals surface area contributed by atoms with Crippen LogP contribution in [0.2, 0.25) is 0 Å². The van der Waals surface area contributed by atoms with Crippen LogP contribution in [-0.4, -0.2) is 80.9 Å². The third-order valence-corrected chi connectivity index (χ3v) is 7.55. The number of piperazine rings is 1. The number of aliphatic carboxylic acids is 1. The number of benzene rings is 2. The van der Waals surface area contributed by atoms with E-state index in [-0.39, 0.29) is 5.69 Å². The maximum Gasteiger partial charge on any atom is 0.328 e. The molecule has 11 nitrogen and oxygen atoms in total. The molecule has 0 bridgehead atoms. The van der Waals surface area contributed by atoms with Crippen molar-refractivity contribution in [3.63, 3.8) is 0 Å². The van der Waals surface area contributed by atoms with Crippen molar-refractivity contribution >= 4 is 25.4 Å². The Labute approximate surface area is 251 Å². The first kappa shape index (κ1) is 33.6. The van der Waals surface area contributed by atoms with Crippen LogP contribution < -0.4 is 10.6 Å². The van der Waals surface area contributed by atoms with Crippen LogP contribution >= 0.6 is 7.60 Å². The molecule has 43 heavy (non-hydrogen) atoms. The number of unbranched alkanes of at least 4 members (excludes halogenated alkanes) is 1. The Balaban J connectivity index is 0.000000646. The summed E-state index contributed by atoms with van der Waals surface area (Å²) in [7, 11) is -4.59. The second kappa shape index (κ2) is 16.1. The van der Waals surface area contributed by atoms with E-state index in [1.165, 1.54) is 4.90 Å². The Hall–Kier alpha value is -3.89. The van der Waals surface area contributed by atoms with Crippen molar-refractivity contribution < 1.29 is 33.8 Å². The summed E-state index contributed by atoms with van der Waals surface area (Å²) in [5.74, 6) is -1.89. The maximum absolute atomic E-state index is 13.3. The number of aryl methyl sites for hydroxylation is 1. The highest BCUT2D eigenvalue weighted by atomic mass is 31.2. The summed E-state index contributed by atoms with van der Waals surface area (Å²) in [5, 5.41) is 13.7. The first-order valence-corrected chi connectivity index (χ1v) is 16.0. The maximum atomic E-state index is 13.3. The summed E-state index contributed by atoms with van der Waals surface area (Å²) in [6.07, 6.45) is 1.29. The van der Waals surface area contributed by atoms with E-state index in [2.05, 4.69) is 15.6 Å². The lowest BCUT2D eigenvalue weighted by Crippen LogP contribution is -2.55. The SMILES string of the molecule is CCCCC(=O)O.Cc1ccc(-c2cc(-c3ccccc3)cc(C(=O)NC(CP(=O)(O)O)C(=O)N3CCNCC3)n2)cc1. The molecule has 230 valence electrons. The second-order valence-electron chi connectivity index (χ2n) is 10.3. The number of aromatic nitrogens is 1. The Morgan fingerprint density at radius 1 is 0.977 bits per heavy atom. The minimum atomic E-state index is -4.59. The van der Waals surface area contributed by atoms with Crippen LogP contribution in [0.3, 0.4) is 0 Å². The molecular weight excluding hydrogens is 571 g/mol. The fourth-order valence-corrected chi connectivity index (χ4v) is 5.13. The van der Waals surface area contributed by atoms with Crippen molar-refractivity contribution in [2.75, 3.05) is 32.3 Å². The van der Waals surface area contributed by atoms with Crippen LogP contribution in [0.1, 0.15) is 42.2 Å². The lowest BCUT2D eigenvalue weighted by Gasteiger charge is -2.31. The van der Waals surface area contributed by atoms with Gasteiger partial charge in [-0.05, 0) is 36.6 Å². The summed E-state index contributed by atoms with van der Waals surface area (Å²) < 4.78 is 11.8. The zero-order chi connectivity index (χ0) is 31.4. The molecule has 0 spiro atoms. The highest BCUT2D eigenvalue weighted by Crippen LogP contribution is 2.35. The average molecular weight is 611 g/mol. The van der Waals surface area contributed by atoms with Gasteiger partial charge < -0.3 is 30.4 Å². The minimum absolute atomic E-state index is 0.0516. The molecule has 1 fully saturated rings. The number of hydrogen-bond acceptors (Lipinski definition) is 6. The Bertz CT molecular complexity index is 1420. The number of carboxylic acids is 1. The first-order chi connectivity index (χ1) is 20.5. The number of rotatable bonds is 10. The fraction of sp³-hybridized carbons (Fsp3) is 0.355. The predicted octanol–water partition coefficient (Wildman–Crippen LogP) is 3.69. The number of amides is 2. The molecule has 4 rings (SSSR count). The van der Waals surface area contributed by atoms with E-state index in [9.17, 15) is 28.7 Å². The molecule has 1 aliphatic heterocycles. The van der Waals surface area contributed by atoms with Crippen LogP contribution in [0, 0.1) is 6.92 Å². The molecule has 1 aliphatic rings. The van der Waals surface area contributed by atoms with Crippen molar-refractivity contribution in [2.45, 2.75) is 39.2 Å². The number of nitrogens with zero attached hydrogens (tertiary/aromatic N) is 2. The zero-order valence-corrected chi connectivity index (χ0v) is 25.3. The third-order valence-electron chi connectivity index (χ3n) is 6.71. The molecule has 5 N–H and O–H groups in total. The van der Waals surface area contributed by atoms with Gasteiger partial charge in [-0.1, -0.05) is 73.5 Å². The van der Waals surface area contributed by atoms with E-state index >= 15 is 0 Å². The molecule has 2 aromatic carbocycles. The summed E-state index contributed by atoms with van der Waals surface area (Å²) >= 11 is 0. The zero-order valence-electron chi connectivity index (χ0n) is 24.4. The highest BCUT2D eigenvalue weighted by Gasteiger charge is 2.33. The van der Waals surface area contributed by atoms with E-state index in [0.29, 0.717) is 38.3 Å². The number of carbonyl (C=O) groups excluding carboxylic acids is 2. The number of nitrogens with one attached hydrogen (secondary N) is 2. The van der Waals surface area contributed by atoms with Gasteiger partial charge in [0, 0.05) is 38.2 Å². The topological polar surface area (TPSA) is 169 Å². The van der Waals surface area contributed by atoms with Crippen molar-refractivity contribution in [2.24, 2.45) is 0 Å². The monoisotopic (exact) mass is 610 g/mol. The van der Waals surface area contributed by atoms with Crippen LogP contribution in [0.25, 0.3) is 22.4 Å². The molecule has 1 unspecified atom stereocenters. The quantitative estimate of drug-likeness (QED) is 0.215. The average Bonchev–Trinajstić information content (AvgIpc) is 3.00. The molecule has 1 atom stereocenters. The third kappa shape index (κ3) is 11.0. The lowest BCUT2D eigenvalue weighted by atomic mass is 10.0. The Kier molecular flexibility index (Phi) is 12.6. The van der Waals surface area contributed by atoms with Crippen LogP contribution in [0.15, 0.2) is 66.7 Å². The van der Waals surface area contributed by atoms with Crippen LogP contribution in [0.4, 0.5) is 0 Å². The van der Waals surface area contributed by atoms with Crippen molar-refractivity contribution in [1.29, 1.82) is 0 Å². The van der Waals surface area contributed by atoms with Gasteiger partial charge in [-0.3, -0.25) is 18.9 Å². The van der Waals surface area contributed by atoms with E-state index in [1.54, 1.807) is 6.07 Å². The van der Waals surface area contributed by atoms with Gasteiger partial charge >= 0.3 is 13.6 Å². The standard InChI is InChI=1S/C26H29N4O5P.C5H10O2/c1-18-7-9-20(10-8-18)22-15-21(19-5-3-2-4-6-19)16-23(28-22)25(31)29-24(17-36(33,34)35)26(32)30-13-11-27-12-14-30;1-2-3-4-5(6)7/h2-10,15-16,24,27H,11-14,17H2,1H3,(H,29,31)(H2,33,34,35);2-4H2,1H3,(H,6,7). The summed E-state index contributed by atoms with van der Waals surface area (Å²) in [6.45, 7) is 5.89. The number of carbonyl (C=O) groups is 3. The van der Waals surface area contributed by atoms with Gasteiger partial charge in [-0.15, -0.1) is 0 Å². The normalized spacial score (nSPS) is 13.8. The smallest absolute Gasteiger partial charge is 0.328 e. The molecule has 3 aromatic rings. The minimum Gasteiger partial charge on any atom is -0.481 e. The van der Waals surface area contributed by atoms with Crippen LogP contribution in [-0.2, 0) is 14.2 Å². The molecule has 0 radical (unpaired) electrons. The molecule has 2 amide bonds. The summed E-state index contributed by atoms with van der Waals surface area (Å²) in [4.78, 5) is 61.4. The molecular formula is C31H39N4O7P. The van der Waals surface area contributed by atoms with Gasteiger partial charge in [-0.2, -0.15) is 0 Å². The molecule has 0 saturated carbocycles. The second-order valence-corrected chi connectivity index (χ2v) is 12.0. The van der Waals surface area contributed by atoms with Crippen molar-refractivity contribution in [3.8, 4) is 22.4 Å². The molecule has 1 saturated heterocycles. The van der Waals surface area contributed by atoms with Gasteiger partial charge in [0.1, 0.15) is 11.7 Å². The largest absolute Gasteiger partial charge is 0.481 e. The van der Waals surface area contributed by atoms with Crippen LogP contribution in [0.5, 0.6) is 0 Å². The van der Waals surface area contributed by atoms with Crippen molar-refractivity contribution in [3.05, 3.63) is 78.0 Å². The van der Waals surface area contributed by atoms with Gasteiger partial charge in [0.2, 0.25) is 5.91 Å². The fourth-order valence-electron chi connectivity index (χ4n) is 4.41. The van der Waals surface area contributed by atoms with Gasteiger partial charge in [0.25, 0.3) is 5.91 Å². The predicted molar refractivity (Wildman–Crippen MR) is 165 cm³/mol. The van der Waals surface area contributed by atoms with Gasteiger partial charge in [0.05, 0.1) is 11.9 Å². The Morgan fingerprint density at radius 2 is 1.63 bits per heavy atom. The van der Waals surface area contributed by atoms with E-state index < -0.39 is 37.6 Å². The Morgan fingerprint density at radius 3 is 2.19 bits per heavy atom. The molecule has 2 heterocycles. The summed E-state index contributed by atoms with van der Waals surface area (Å²) in [6, 6.07) is 19.4. The lowest BCUT2D eigenvalue weighted by molar-refractivity contribution is -0.137. The van der Waals surface area contributed by atoms with Gasteiger partial charge in [-0.25, -0.2) is 4.98 Å². The molecule has 1 aromatic heterocycles. The summed E-state index contributed by atoms with van der Waals surface area (Å²) in [5.41, 5.74) is 4.16. The first-order valence-electron chi connectivity index (χ1n) is 14.2. The molecule has 0 aliphatic carbocycles. The van der Waals surface area contributed by atoms with E-state index in [4.69, 9.17) is 5.11 Å². The highest BCUT2D eigenvalue weighted by molar-refractivity contribution is 7.51. The number of hydrogen-bond donors (Lipinski definition) is 5. The van der Waals surface area contributed by atoms with E-state index in [0.717, 1.165) is 35.1 Å².